The summed E-state index contributed by atoms with van der Waals surface area (Å²) in [6, 6.07) is 0.150. The van der Waals surface area contributed by atoms with Crippen LogP contribution in [0.25, 0.3) is 0 Å². The van der Waals surface area contributed by atoms with Crippen molar-refractivity contribution in [3.63, 3.8) is 0 Å². The van der Waals surface area contributed by atoms with Crippen molar-refractivity contribution in [1.82, 2.24) is 14.9 Å². The molecule has 1 aliphatic rings. The first-order valence-electron chi connectivity index (χ1n) is 6.10. The summed E-state index contributed by atoms with van der Waals surface area (Å²) >= 11 is 0. The number of hydrogen-bond donors (Lipinski definition) is 1. The fourth-order valence-corrected chi connectivity index (χ4v) is 2.26. The van der Waals surface area contributed by atoms with Crippen molar-refractivity contribution in [3.05, 3.63) is 16.4 Å². The SMILES string of the molecule is COc1ncnc(NC2CCCN(C)C2)c1[N+](=O)[O-]. The van der Waals surface area contributed by atoms with Crippen LogP contribution in [0.2, 0.25) is 0 Å². The summed E-state index contributed by atoms with van der Waals surface area (Å²) in [6.07, 6.45) is 3.29. The van der Waals surface area contributed by atoms with E-state index in [1.54, 1.807) is 0 Å². The normalized spacial score (nSPS) is 20.0. The second kappa shape index (κ2) is 5.79. The van der Waals surface area contributed by atoms with Crippen LogP contribution < -0.4 is 10.1 Å². The van der Waals surface area contributed by atoms with Crippen LogP contribution in [0.1, 0.15) is 12.8 Å². The van der Waals surface area contributed by atoms with Gasteiger partial charge in [-0.15, -0.1) is 0 Å². The van der Waals surface area contributed by atoms with Crippen LogP contribution in [-0.4, -0.2) is 53.1 Å². The minimum Gasteiger partial charge on any atom is -0.476 e. The highest BCUT2D eigenvalue weighted by atomic mass is 16.6. The van der Waals surface area contributed by atoms with E-state index in [1.807, 2.05) is 7.05 Å². The largest absolute Gasteiger partial charge is 0.476 e. The lowest BCUT2D eigenvalue weighted by atomic mass is 10.1. The van der Waals surface area contributed by atoms with Crippen LogP contribution in [0.15, 0.2) is 6.33 Å². The zero-order valence-corrected chi connectivity index (χ0v) is 11.0. The van der Waals surface area contributed by atoms with E-state index in [4.69, 9.17) is 4.74 Å². The molecule has 1 N–H and O–H groups in total. The average Bonchev–Trinajstić information content (AvgIpc) is 2.38. The summed E-state index contributed by atoms with van der Waals surface area (Å²) in [5.74, 6) is 0.198. The maximum atomic E-state index is 11.1. The first-order valence-corrected chi connectivity index (χ1v) is 6.10. The lowest BCUT2D eigenvalue weighted by molar-refractivity contribution is -0.385. The van der Waals surface area contributed by atoms with Crippen LogP contribution in [0.3, 0.4) is 0 Å². The van der Waals surface area contributed by atoms with E-state index in [2.05, 4.69) is 20.2 Å². The lowest BCUT2D eigenvalue weighted by Gasteiger charge is -2.30. The van der Waals surface area contributed by atoms with Crippen LogP contribution in [0, 0.1) is 10.1 Å². The molecule has 0 saturated carbocycles. The Labute approximate surface area is 110 Å². The first kappa shape index (κ1) is 13.5. The van der Waals surface area contributed by atoms with Gasteiger partial charge in [0.2, 0.25) is 5.82 Å². The molecule has 2 rings (SSSR count). The highest BCUT2D eigenvalue weighted by Crippen LogP contribution is 2.31. The molecule has 0 radical (unpaired) electrons. The van der Waals surface area contributed by atoms with Gasteiger partial charge in [-0.1, -0.05) is 0 Å². The van der Waals surface area contributed by atoms with Gasteiger partial charge in [-0.2, -0.15) is 4.98 Å². The van der Waals surface area contributed by atoms with Crippen LogP contribution in [0.4, 0.5) is 11.5 Å². The van der Waals surface area contributed by atoms with Gasteiger partial charge in [0.15, 0.2) is 0 Å². The first-order chi connectivity index (χ1) is 9.11. The molecule has 1 saturated heterocycles. The van der Waals surface area contributed by atoms with Gasteiger partial charge < -0.3 is 15.0 Å². The second-order valence-electron chi connectivity index (χ2n) is 4.58. The predicted molar refractivity (Wildman–Crippen MR) is 69.4 cm³/mol. The number of nitrogens with one attached hydrogen (secondary N) is 1. The molecule has 19 heavy (non-hydrogen) atoms. The molecule has 1 atom stereocenters. The molecule has 0 bridgehead atoms. The fourth-order valence-electron chi connectivity index (χ4n) is 2.26. The predicted octanol–water partition coefficient (Wildman–Crippen LogP) is 0.899. The van der Waals surface area contributed by atoms with E-state index in [0.717, 1.165) is 25.9 Å². The maximum absolute atomic E-state index is 11.1. The maximum Gasteiger partial charge on any atom is 0.372 e. The van der Waals surface area contributed by atoms with Gasteiger partial charge in [-0.3, -0.25) is 10.1 Å². The Bertz CT molecular complexity index is 468. The zero-order valence-electron chi connectivity index (χ0n) is 11.0. The van der Waals surface area contributed by atoms with Crippen molar-refractivity contribution < 1.29 is 9.66 Å². The Hall–Kier alpha value is -1.96. The van der Waals surface area contributed by atoms with Crippen LogP contribution in [0.5, 0.6) is 5.88 Å². The van der Waals surface area contributed by atoms with Crippen molar-refractivity contribution >= 4 is 11.5 Å². The standard InChI is InChI=1S/C11H17N5O3/c1-15-5-3-4-8(6-15)14-10-9(16(17)18)11(19-2)13-7-12-10/h7-8H,3-6H2,1-2H3,(H,12,13,14). The summed E-state index contributed by atoms with van der Waals surface area (Å²) < 4.78 is 4.91. The molecule has 8 heteroatoms. The minimum absolute atomic E-state index is 0.0216. The van der Waals surface area contributed by atoms with E-state index >= 15 is 0 Å². The topological polar surface area (TPSA) is 93.4 Å². The molecule has 1 unspecified atom stereocenters. The average molecular weight is 267 g/mol. The molecule has 8 nitrogen and oxygen atoms in total. The van der Waals surface area contributed by atoms with Gasteiger partial charge in [0.1, 0.15) is 6.33 Å². The molecule has 0 aliphatic carbocycles. The number of likely N-dealkylation sites (N-methyl/N-ethyl adjacent to an activating group) is 1. The third kappa shape index (κ3) is 3.08. The lowest BCUT2D eigenvalue weighted by Crippen LogP contribution is -2.40. The van der Waals surface area contributed by atoms with Crippen LogP contribution >= 0.6 is 0 Å². The number of nitro groups is 1. The van der Waals surface area contributed by atoms with Crippen molar-refractivity contribution in [2.45, 2.75) is 18.9 Å². The quantitative estimate of drug-likeness (QED) is 0.639. The molecule has 0 aromatic carbocycles. The van der Waals surface area contributed by atoms with Crippen LogP contribution in [-0.2, 0) is 0 Å². The molecule has 1 aromatic heterocycles. The molecule has 2 heterocycles. The summed E-state index contributed by atoms with van der Waals surface area (Å²) in [5, 5.41) is 14.2. The second-order valence-corrected chi connectivity index (χ2v) is 4.58. The smallest absolute Gasteiger partial charge is 0.372 e. The van der Waals surface area contributed by atoms with Crippen molar-refractivity contribution in [2.24, 2.45) is 0 Å². The summed E-state index contributed by atoms with van der Waals surface area (Å²) in [4.78, 5) is 20.5. The third-order valence-electron chi connectivity index (χ3n) is 3.13. The Kier molecular flexibility index (Phi) is 4.10. The number of nitrogens with zero attached hydrogens (tertiary/aromatic N) is 4. The molecule has 0 spiro atoms. The van der Waals surface area contributed by atoms with Gasteiger partial charge in [0.05, 0.1) is 12.0 Å². The van der Waals surface area contributed by atoms with Gasteiger partial charge >= 0.3 is 5.69 Å². The number of anilines is 1. The molecule has 104 valence electrons. The van der Waals surface area contributed by atoms with Gasteiger partial charge in [-0.25, -0.2) is 4.98 Å². The van der Waals surface area contributed by atoms with Gasteiger partial charge in [0.25, 0.3) is 5.88 Å². The molecule has 1 aliphatic heterocycles. The summed E-state index contributed by atoms with van der Waals surface area (Å²) in [6.45, 7) is 1.89. The van der Waals surface area contributed by atoms with Crippen molar-refractivity contribution in [1.29, 1.82) is 0 Å². The number of piperidine rings is 1. The van der Waals surface area contributed by atoms with Crippen molar-refractivity contribution in [2.75, 3.05) is 32.6 Å². The number of likely N-dealkylation sites (tertiary alicyclic amines) is 1. The highest BCUT2D eigenvalue weighted by Gasteiger charge is 2.26. The molecular weight excluding hydrogens is 250 g/mol. The number of hydrogen-bond acceptors (Lipinski definition) is 7. The summed E-state index contributed by atoms with van der Waals surface area (Å²) in [7, 11) is 3.39. The zero-order chi connectivity index (χ0) is 13.8. The Morgan fingerprint density at radius 2 is 2.37 bits per heavy atom. The molecular formula is C11H17N5O3. The van der Waals surface area contributed by atoms with E-state index in [9.17, 15) is 10.1 Å². The molecule has 0 amide bonds. The van der Waals surface area contributed by atoms with E-state index in [-0.39, 0.29) is 23.4 Å². The monoisotopic (exact) mass is 267 g/mol. The number of methoxy groups -OCH3 is 1. The number of ether oxygens (including phenoxy) is 1. The number of aromatic nitrogens is 2. The number of rotatable bonds is 4. The highest BCUT2D eigenvalue weighted by molar-refractivity contribution is 5.61. The molecule has 1 fully saturated rings. The van der Waals surface area contributed by atoms with Crippen molar-refractivity contribution in [3.8, 4) is 5.88 Å². The molecule has 1 aromatic rings. The van der Waals surface area contributed by atoms with E-state index in [0.29, 0.717) is 0 Å². The van der Waals surface area contributed by atoms with Gasteiger partial charge in [-0.05, 0) is 26.4 Å². The van der Waals surface area contributed by atoms with Gasteiger partial charge in [0, 0.05) is 12.6 Å². The Morgan fingerprint density at radius 3 is 3.00 bits per heavy atom. The Morgan fingerprint density at radius 1 is 1.58 bits per heavy atom. The Balaban J connectivity index is 2.21. The third-order valence-corrected chi connectivity index (χ3v) is 3.13. The summed E-state index contributed by atoms with van der Waals surface area (Å²) in [5.41, 5.74) is -0.210. The fraction of sp³-hybridized carbons (Fsp3) is 0.636. The minimum atomic E-state index is -0.520. The van der Waals surface area contributed by atoms with E-state index < -0.39 is 4.92 Å². The van der Waals surface area contributed by atoms with E-state index in [1.165, 1.54) is 13.4 Å².